The van der Waals surface area contributed by atoms with Gasteiger partial charge in [0.2, 0.25) is 10.0 Å². The van der Waals surface area contributed by atoms with Crippen molar-refractivity contribution in [3.05, 3.63) is 50.1 Å². The van der Waals surface area contributed by atoms with E-state index in [9.17, 15) is 13.2 Å². The van der Waals surface area contributed by atoms with E-state index >= 15 is 0 Å². The average Bonchev–Trinajstić information content (AvgIpc) is 3.09. The van der Waals surface area contributed by atoms with E-state index in [1.165, 1.54) is 23.7 Å². The Hall–Kier alpha value is -1.61. The van der Waals surface area contributed by atoms with Crippen molar-refractivity contribution in [3.8, 4) is 0 Å². The molecule has 1 N–H and O–H groups in total. The van der Waals surface area contributed by atoms with Crippen molar-refractivity contribution in [1.82, 2.24) is 9.29 Å². The maximum atomic E-state index is 12.4. The summed E-state index contributed by atoms with van der Waals surface area (Å²) in [5.74, 6) is -0.573. The lowest BCUT2D eigenvalue weighted by Gasteiger charge is -2.08. The van der Waals surface area contributed by atoms with Crippen LogP contribution in [0.4, 0.5) is 0 Å². The Morgan fingerprint density at radius 3 is 2.87 bits per heavy atom. The van der Waals surface area contributed by atoms with Crippen molar-refractivity contribution >= 4 is 44.1 Å². The highest BCUT2D eigenvalue weighted by atomic mass is 35.5. The quantitative estimate of drug-likeness (QED) is 0.745. The highest BCUT2D eigenvalue weighted by Crippen LogP contribution is 2.27. The number of benzene rings is 1. The lowest BCUT2D eigenvalue weighted by atomic mass is 10.3. The summed E-state index contributed by atoms with van der Waals surface area (Å²) in [6, 6.07) is 6.54. The van der Waals surface area contributed by atoms with Crippen LogP contribution in [-0.2, 0) is 23.5 Å². The fourth-order valence-corrected chi connectivity index (χ4v) is 4.45. The molecule has 122 valence electrons. The van der Waals surface area contributed by atoms with Crippen molar-refractivity contribution in [1.29, 1.82) is 0 Å². The van der Waals surface area contributed by atoms with Gasteiger partial charge in [0.1, 0.15) is 4.90 Å². The van der Waals surface area contributed by atoms with E-state index in [0.717, 1.165) is 4.88 Å². The zero-order valence-corrected chi connectivity index (χ0v) is 14.5. The predicted octanol–water partition coefficient (Wildman–Crippen LogP) is 2.37. The lowest BCUT2D eigenvalue weighted by molar-refractivity contribution is 0.527. The molecule has 0 radical (unpaired) electrons. The number of rotatable bonds is 5. The first-order valence-electron chi connectivity index (χ1n) is 6.69. The Morgan fingerprint density at radius 1 is 1.39 bits per heavy atom. The van der Waals surface area contributed by atoms with Crippen molar-refractivity contribution < 1.29 is 12.8 Å². The normalized spacial score (nSPS) is 12.1. The third-order valence-electron chi connectivity index (χ3n) is 3.38. The van der Waals surface area contributed by atoms with Crippen LogP contribution >= 0.6 is 22.9 Å². The molecule has 0 unspecified atom stereocenters. The fraction of sp³-hybridized carbons (Fsp3) is 0.214. The van der Waals surface area contributed by atoms with Crippen molar-refractivity contribution in [3.63, 3.8) is 0 Å². The molecule has 0 saturated carbocycles. The van der Waals surface area contributed by atoms with Gasteiger partial charge >= 0.3 is 5.76 Å². The molecule has 0 aliphatic rings. The number of thiophene rings is 1. The molecule has 23 heavy (non-hydrogen) atoms. The molecular weight excluding hydrogens is 360 g/mol. The Kier molecular flexibility index (Phi) is 4.33. The number of nitrogens with zero attached hydrogens (tertiary/aromatic N) is 1. The minimum atomic E-state index is -3.79. The number of oxazole rings is 1. The molecular formula is C14H13ClN2O4S2. The largest absolute Gasteiger partial charge is 0.419 e. The summed E-state index contributed by atoms with van der Waals surface area (Å²) in [7, 11) is -2.26. The van der Waals surface area contributed by atoms with E-state index in [1.807, 2.05) is 17.5 Å². The number of aromatic nitrogens is 1. The molecule has 0 fully saturated rings. The molecule has 3 rings (SSSR count). The van der Waals surface area contributed by atoms with Crippen molar-refractivity contribution in [2.24, 2.45) is 7.05 Å². The highest BCUT2D eigenvalue weighted by molar-refractivity contribution is 7.89. The summed E-state index contributed by atoms with van der Waals surface area (Å²) in [6.45, 7) is 0.260. The maximum absolute atomic E-state index is 12.4. The second-order valence-corrected chi connectivity index (χ2v) is 8.08. The summed E-state index contributed by atoms with van der Waals surface area (Å²) < 4.78 is 33.6. The highest BCUT2D eigenvalue weighted by Gasteiger charge is 2.20. The van der Waals surface area contributed by atoms with Crippen LogP contribution in [0.2, 0.25) is 5.02 Å². The minimum Gasteiger partial charge on any atom is -0.408 e. The average molecular weight is 373 g/mol. The first-order chi connectivity index (χ1) is 10.9. The number of hydrogen-bond donors (Lipinski definition) is 1. The molecule has 3 aromatic rings. The number of fused-ring (bicyclic) bond motifs is 1. The number of halogens is 1. The van der Waals surface area contributed by atoms with E-state index in [-0.39, 0.29) is 22.0 Å². The molecule has 2 heterocycles. The molecule has 0 amide bonds. The van der Waals surface area contributed by atoms with E-state index in [0.29, 0.717) is 11.9 Å². The molecule has 1 aromatic carbocycles. The molecule has 6 nitrogen and oxygen atoms in total. The van der Waals surface area contributed by atoms with Crippen LogP contribution in [-0.4, -0.2) is 19.5 Å². The zero-order valence-electron chi connectivity index (χ0n) is 12.1. The SMILES string of the molecule is Cn1c(=O)oc2cc(S(=O)(=O)NCCc3cccs3)c(Cl)cc21. The third-order valence-corrected chi connectivity index (χ3v) is 6.24. The zero-order chi connectivity index (χ0) is 16.6. The van der Waals surface area contributed by atoms with Crippen LogP contribution in [0.25, 0.3) is 11.1 Å². The van der Waals surface area contributed by atoms with E-state index in [1.54, 1.807) is 11.3 Å². The molecule has 0 spiro atoms. The smallest absolute Gasteiger partial charge is 0.408 e. The summed E-state index contributed by atoms with van der Waals surface area (Å²) >= 11 is 7.64. The topological polar surface area (TPSA) is 81.3 Å². The standard InChI is InChI=1S/C14H13ClN2O4S2/c1-17-11-7-10(15)13(8-12(11)21-14(17)18)23(19,20)16-5-4-9-3-2-6-22-9/h2-3,6-8,16H,4-5H2,1H3. The third kappa shape index (κ3) is 3.20. The Labute approximate surface area is 141 Å². The molecule has 0 aliphatic carbocycles. The Balaban J connectivity index is 1.88. The van der Waals surface area contributed by atoms with Crippen molar-refractivity contribution in [2.75, 3.05) is 6.54 Å². The number of aryl methyl sites for hydroxylation is 1. The summed E-state index contributed by atoms with van der Waals surface area (Å²) in [6.07, 6.45) is 0.594. The number of nitrogens with one attached hydrogen (secondary N) is 1. The Bertz CT molecular complexity index is 1000. The molecule has 0 bridgehead atoms. The van der Waals surface area contributed by atoms with Gasteiger partial charge in [0.25, 0.3) is 0 Å². The van der Waals surface area contributed by atoms with Crippen molar-refractivity contribution in [2.45, 2.75) is 11.3 Å². The second kappa shape index (κ2) is 6.12. The van der Waals surface area contributed by atoms with Gasteiger partial charge in [-0.05, 0) is 23.9 Å². The minimum absolute atomic E-state index is 0.0394. The molecule has 0 atom stereocenters. The lowest BCUT2D eigenvalue weighted by Crippen LogP contribution is -2.26. The first-order valence-corrected chi connectivity index (χ1v) is 9.44. The van der Waals surface area contributed by atoms with Gasteiger partial charge in [-0.25, -0.2) is 17.9 Å². The van der Waals surface area contributed by atoms with Gasteiger partial charge < -0.3 is 4.42 Å². The van der Waals surface area contributed by atoms with Gasteiger partial charge in [-0.1, -0.05) is 17.7 Å². The van der Waals surface area contributed by atoms with Gasteiger partial charge in [0.05, 0.1) is 10.5 Å². The first kappa shape index (κ1) is 16.3. The van der Waals surface area contributed by atoms with Crippen LogP contribution in [0, 0.1) is 0 Å². The fourth-order valence-electron chi connectivity index (χ4n) is 2.18. The molecule has 0 aliphatic heterocycles. The van der Waals surface area contributed by atoms with Gasteiger partial charge in [-0.3, -0.25) is 4.57 Å². The molecule has 9 heteroatoms. The van der Waals surface area contributed by atoms with Crippen LogP contribution in [0.3, 0.4) is 0 Å². The second-order valence-electron chi connectivity index (χ2n) is 4.90. The van der Waals surface area contributed by atoms with E-state index < -0.39 is 15.8 Å². The maximum Gasteiger partial charge on any atom is 0.419 e. The monoisotopic (exact) mass is 372 g/mol. The molecule has 0 saturated heterocycles. The van der Waals surface area contributed by atoms with Gasteiger partial charge in [-0.2, -0.15) is 0 Å². The van der Waals surface area contributed by atoms with E-state index in [2.05, 4.69) is 4.72 Å². The van der Waals surface area contributed by atoms with E-state index in [4.69, 9.17) is 16.0 Å². The van der Waals surface area contributed by atoms with Crippen LogP contribution < -0.4 is 10.5 Å². The van der Waals surface area contributed by atoms with Gasteiger partial charge in [-0.15, -0.1) is 11.3 Å². The summed E-state index contributed by atoms with van der Waals surface area (Å²) in [4.78, 5) is 12.5. The van der Waals surface area contributed by atoms with Gasteiger partial charge in [0, 0.05) is 24.5 Å². The molecule has 2 aromatic heterocycles. The number of hydrogen-bond acceptors (Lipinski definition) is 5. The van der Waals surface area contributed by atoms with Crippen LogP contribution in [0.15, 0.2) is 43.8 Å². The van der Waals surface area contributed by atoms with Crippen LogP contribution in [0.1, 0.15) is 4.88 Å². The van der Waals surface area contributed by atoms with Gasteiger partial charge in [0.15, 0.2) is 5.58 Å². The Morgan fingerprint density at radius 2 is 2.17 bits per heavy atom. The van der Waals surface area contributed by atoms with Crippen LogP contribution in [0.5, 0.6) is 0 Å². The predicted molar refractivity (Wildman–Crippen MR) is 89.7 cm³/mol. The summed E-state index contributed by atoms with van der Waals surface area (Å²) in [5.41, 5.74) is 0.623. The summed E-state index contributed by atoms with van der Waals surface area (Å²) in [5, 5.41) is 1.98. The number of sulfonamides is 1.